The molecule has 0 aliphatic carbocycles. The lowest BCUT2D eigenvalue weighted by Crippen LogP contribution is -2.02. The van der Waals surface area contributed by atoms with Crippen LogP contribution < -0.4 is 9.47 Å². The number of carbonyl (C=O) groups is 1. The number of pyridine rings is 1. The van der Waals surface area contributed by atoms with Gasteiger partial charge in [0, 0.05) is 17.8 Å². The summed E-state index contributed by atoms with van der Waals surface area (Å²) in [4.78, 5) is 15.8. The van der Waals surface area contributed by atoms with Crippen molar-refractivity contribution in [3.63, 3.8) is 0 Å². The molecule has 0 fully saturated rings. The van der Waals surface area contributed by atoms with E-state index in [1.54, 1.807) is 30.3 Å². The molecular formula is C24H22N2O4. The maximum atomic E-state index is 11.7. The van der Waals surface area contributed by atoms with E-state index in [2.05, 4.69) is 4.98 Å². The van der Waals surface area contributed by atoms with Crippen molar-refractivity contribution < 1.29 is 19.4 Å². The van der Waals surface area contributed by atoms with Crippen LogP contribution in [0.5, 0.6) is 23.1 Å². The fourth-order valence-corrected chi connectivity index (χ4v) is 3.02. The quantitative estimate of drug-likeness (QED) is 0.522. The molecule has 0 saturated carbocycles. The first-order valence-electron chi connectivity index (χ1n) is 9.63. The second kappa shape index (κ2) is 9.57. The molecule has 0 amide bonds. The molecule has 3 aromatic rings. The number of phenols is 1. The first-order valence-corrected chi connectivity index (χ1v) is 9.63. The molecule has 6 nitrogen and oxygen atoms in total. The summed E-state index contributed by atoms with van der Waals surface area (Å²) < 4.78 is 11.7. The van der Waals surface area contributed by atoms with Crippen LogP contribution in [-0.4, -0.2) is 15.9 Å². The van der Waals surface area contributed by atoms with Crippen LogP contribution in [-0.2, 0) is 13.0 Å². The Morgan fingerprint density at radius 3 is 2.70 bits per heavy atom. The van der Waals surface area contributed by atoms with E-state index in [9.17, 15) is 9.90 Å². The highest BCUT2D eigenvalue weighted by Gasteiger charge is 2.16. The number of nitriles is 1. The van der Waals surface area contributed by atoms with E-state index in [1.807, 2.05) is 31.2 Å². The zero-order valence-corrected chi connectivity index (χ0v) is 16.9. The third kappa shape index (κ3) is 4.95. The minimum Gasteiger partial charge on any atom is -0.507 e. The molecule has 0 spiro atoms. The second-order valence-corrected chi connectivity index (χ2v) is 6.78. The van der Waals surface area contributed by atoms with Gasteiger partial charge in [-0.2, -0.15) is 5.26 Å². The van der Waals surface area contributed by atoms with Gasteiger partial charge in [0.15, 0.2) is 5.78 Å². The Hall–Kier alpha value is -3.85. The van der Waals surface area contributed by atoms with Crippen LogP contribution >= 0.6 is 0 Å². The number of rotatable bonds is 8. The minimum atomic E-state index is -0.183. The van der Waals surface area contributed by atoms with Crippen molar-refractivity contribution in [1.82, 2.24) is 4.98 Å². The number of hydrogen-bond donors (Lipinski definition) is 1. The van der Waals surface area contributed by atoms with Crippen molar-refractivity contribution in [3.8, 4) is 29.2 Å². The zero-order chi connectivity index (χ0) is 21.5. The zero-order valence-electron chi connectivity index (χ0n) is 16.9. The van der Waals surface area contributed by atoms with Crippen molar-refractivity contribution in [2.24, 2.45) is 0 Å². The molecule has 1 aromatic heterocycles. The predicted octanol–water partition coefficient (Wildman–Crippen LogP) is 5.19. The molecule has 0 bridgehead atoms. The van der Waals surface area contributed by atoms with Crippen LogP contribution in [0.15, 0.2) is 54.7 Å². The highest BCUT2D eigenvalue weighted by Crippen LogP contribution is 2.33. The van der Waals surface area contributed by atoms with E-state index in [-0.39, 0.29) is 18.1 Å². The van der Waals surface area contributed by atoms with Crippen LogP contribution in [0.1, 0.15) is 47.3 Å². The lowest BCUT2D eigenvalue weighted by molar-refractivity contribution is 0.101. The average molecular weight is 402 g/mol. The summed E-state index contributed by atoms with van der Waals surface area (Å²) in [6, 6.07) is 16.0. The van der Waals surface area contributed by atoms with Gasteiger partial charge in [-0.3, -0.25) is 4.79 Å². The van der Waals surface area contributed by atoms with E-state index in [4.69, 9.17) is 14.7 Å². The normalized spacial score (nSPS) is 10.3. The molecule has 6 heteroatoms. The van der Waals surface area contributed by atoms with Gasteiger partial charge in [-0.1, -0.05) is 25.5 Å². The van der Waals surface area contributed by atoms with Gasteiger partial charge in [-0.25, -0.2) is 4.98 Å². The molecule has 2 aromatic carbocycles. The third-order valence-corrected chi connectivity index (χ3v) is 4.50. The van der Waals surface area contributed by atoms with Gasteiger partial charge in [-0.15, -0.1) is 0 Å². The molecule has 152 valence electrons. The number of aromatic hydroxyl groups is 1. The molecule has 0 atom stereocenters. The molecule has 0 radical (unpaired) electrons. The van der Waals surface area contributed by atoms with E-state index < -0.39 is 0 Å². The van der Waals surface area contributed by atoms with Gasteiger partial charge in [0.1, 0.15) is 29.9 Å². The maximum Gasteiger partial charge on any atom is 0.219 e. The molecule has 30 heavy (non-hydrogen) atoms. The van der Waals surface area contributed by atoms with Crippen molar-refractivity contribution in [2.75, 3.05) is 0 Å². The Kier molecular flexibility index (Phi) is 6.66. The number of phenolic OH excluding ortho intramolecular Hbond substituents is 1. The number of ketones is 1. The van der Waals surface area contributed by atoms with Crippen molar-refractivity contribution in [3.05, 3.63) is 77.0 Å². The summed E-state index contributed by atoms with van der Waals surface area (Å²) in [5, 5.41) is 19.3. The van der Waals surface area contributed by atoms with Crippen molar-refractivity contribution in [1.29, 1.82) is 5.26 Å². The van der Waals surface area contributed by atoms with Gasteiger partial charge in [0.05, 0.1) is 11.1 Å². The smallest absolute Gasteiger partial charge is 0.219 e. The topological polar surface area (TPSA) is 92.4 Å². The van der Waals surface area contributed by atoms with Crippen molar-refractivity contribution in [2.45, 2.75) is 33.3 Å². The number of hydrogen-bond acceptors (Lipinski definition) is 6. The Balaban J connectivity index is 1.74. The summed E-state index contributed by atoms with van der Waals surface area (Å²) in [6.07, 6.45) is 2.87. The third-order valence-electron chi connectivity index (χ3n) is 4.50. The summed E-state index contributed by atoms with van der Waals surface area (Å²) in [7, 11) is 0. The standard InChI is InChI=1S/C24H22N2O4/c1-3-5-21-22(10-9-20(16(2)27)24(21)28)29-15-17-6-4-7-19(12-17)30-23-11-8-18(13-25)14-26-23/h4,6-12,14,28H,3,5,15H2,1-2H3. The largest absolute Gasteiger partial charge is 0.507 e. The van der Waals surface area contributed by atoms with E-state index in [0.29, 0.717) is 40.5 Å². The molecule has 1 heterocycles. The minimum absolute atomic E-state index is 0.00850. The molecule has 0 saturated heterocycles. The Morgan fingerprint density at radius 1 is 1.20 bits per heavy atom. The molecule has 1 N–H and O–H groups in total. The average Bonchev–Trinajstić information content (AvgIpc) is 2.75. The lowest BCUT2D eigenvalue weighted by Gasteiger charge is -2.15. The molecular weight excluding hydrogens is 380 g/mol. The predicted molar refractivity (Wildman–Crippen MR) is 112 cm³/mol. The molecule has 3 rings (SSSR count). The first kappa shape index (κ1) is 20.9. The van der Waals surface area contributed by atoms with Gasteiger partial charge in [0.25, 0.3) is 0 Å². The van der Waals surface area contributed by atoms with Gasteiger partial charge < -0.3 is 14.6 Å². The fourth-order valence-electron chi connectivity index (χ4n) is 3.02. The van der Waals surface area contributed by atoms with Crippen LogP contribution in [0.3, 0.4) is 0 Å². The monoisotopic (exact) mass is 402 g/mol. The molecule has 0 aliphatic heterocycles. The van der Waals surface area contributed by atoms with Gasteiger partial charge in [-0.05, 0) is 49.2 Å². The number of Topliss-reactive ketones (excluding diaryl/α,β-unsaturated/α-hetero) is 1. The van der Waals surface area contributed by atoms with Crippen molar-refractivity contribution >= 4 is 5.78 Å². The highest BCUT2D eigenvalue weighted by atomic mass is 16.5. The van der Waals surface area contributed by atoms with Crippen LogP contribution in [0.4, 0.5) is 0 Å². The Morgan fingerprint density at radius 2 is 2.03 bits per heavy atom. The van der Waals surface area contributed by atoms with E-state index in [1.165, 1.54) is 13.1 Å². The summed E-state index contributed by atoms with van der Waals surface area (Å²) in [5.41, 5.74) is 2.28. The van der Waals surface area contributed by atoms with E-state index >= 15 is 0 Å². The second-order valence-electron chi connectivity index (χ2n) is 6.78. The maximum absolute atomic E-state index is 11.7. The number of ether oxygens (including phenoxy) is 2. The number of nitrogens with zero attached hydrogens (tertiary/aromatic N) is 2. The van der Waals surface area contributed by atoms with Crippen LogP contribution in [0.2, 0.25) is 0 Å². The first-order chi connectivity index (χ1) is 14.5. The lowest BCUT2D eigenvalue weighted by atomic mass is 10.0. The van der Waals surface area contributed by atoms with Gasteiger partial charge in [0.2, 0.25) is 5.88 Å². The highest BCUT2D eigenvalue weighted by molar-refractivity contribution is 5.97. The van der Waals surface area contributed by atoms with Crippen LogP contribution in [0, 0.1) is 11.3 Å². The Bertz CT molecular complexity index is 1090. The SMILES string of the molecule is CCCc1c(OCc2cccc(Oc3ccc(C#N)cn3)c2)ccc(C(C)=O)c1O. The number of aromatic nitrogens is 1. The summed E-state index contributed by atoms with van der Waals surface area (Å²) in [6.45, 7) is 3.70. The Labute approximate surface area is 175 Å². The summed E-state index contributed by atoms with van der Waals surface area (Å²) >= 11 is 0. The summed E-state index contributed by atoms with van der Waals surface area (Å²) in [5.74, 6) is 1.35. The number of benzene rings is 2. The molecule has 0 unspecified atom stereocenters. The van der Waals surface area contributed by atoms with Crippen LogP contribution in [0.25, 0.3) is 0 Å². The van der Waals surface area contributed by atoms with Gasteiger partial charge >= 0.3 is 0 Å². The fraction of sp³-hybridized carbons (Fsp3) is 0.208. The van der Waals surface area contributed by atoms with E-state index in [0.717, 1.165) is 12.0 Å². The molecule has 0 aliphatic rings. The number of carbonyl (C=O) groups excluding carboxylic acids is 1.